The Hall–Kier alpha value is -1.86. The van der Waals surface area contributed by atoms with Gasteiger partial charge in [0.25, 0.3) is 5.91 Å². The van der Waals surface area contributed by atoms with E-state index in [1.807, 2.05) is 0 Å². The van der Waals surface area contributed by atoms with Gasteiger partial charge in [0.15, 0.2) is 5.76 Å². The van der Waals surface area contributed by atoms with E-state index in [-0.39, 0.29) is 17.7 Å². The lowest BCUT2D eigenvalue weighted by molar-refractivity contribution is -0.126. The number of carbonyl (C=O) groups excluding carboxylic acids is 2. The fourth-order valence-corrected chi connectivity index (χ4v) is 3.38. The molecule has 1 aromatic rings. The number of rotatable bonds is 6. The number of carbonyl (C=O) groups is 2. The summed E-state index contributed by atoms with van der Waals surface area (Å²) >= 11 is 0. The number of hydrogen-bond donors (Lipinski definition) is 1. The number of piperidine rings is 1. The lowest BCUT2D eigenvalue weighted by Crippen LogP contribution is -2.43. The van der Waals surface area contributed by atoms with Gasteiger partial charge in [-0.3, -0.25) is 14.5 Å². The summed E-state index contributed by atoms with van der Waals surface area (Å²) in [7, 11) is 0. The van der Waals surface area contributed by atoms with Gasteiger partial charge in [0, 0.05) is 38.6 Å². The molecule has 2 aliphatic rings. The third-order valence-corrected chi connectivity index (χ3v) is 4.94. The molecule has 3 rings (SSSR count). The Morgan fingerprint density at radius 1 is 1.16 bits per heavy atom. The lowest BCUT2D eigenvalue weighted by Gasteiger charge is -2.31. The van der Waals surface area contributed by atoms with Crippen molar-refractivity contribution in [2.24, 2.45) is 5.92 Å². The van der Waals surface area contributed by atoms with Gasteiger partial charge in [-0.1, -0.05) is 0 Å². The molecule has 1 aromatic heterocycles. The number of morpholine rings is 1. The zero-order chi connectivity index (χ0) is 17.5. The summed E-state index contributed by atoms with van der Waals surface area (Å²) in [6.45, 7) is 6.49. The molecular formula is C18H27N3O4. The maximum atomic E-state index is 12.3. The summed E-state index contributed by atoms with van der Waals surface area (Å²) in [5, 5.41) is 3.04. The second kappa shape index (κ2) is 9.01. The highest BCUT2D eigenvalue weighted by atomic mass is 16.5. The van der Waals surface area contributed by atoms with Crippen molar-refractivity contribution in [1.82, 2.24) is 15.1 Å². The molecule has 2 aliphatic heterocycles. The van der Waals surface area contributed by atoms with Crippen LogP contribution in [0.2, 0.25) is 0 Å². The molecule has 0 spiro atoms. The second-order valence-corrected chi connectivity index (χ2v) is 6.64. The summed E-state index contributed by atoms with van der Waals surface area (Å²) in [4.78, 5) is 28.6. The molecule has 2 amide bonds. The van der Waals surface area contributed by atoms with Crippen LogP contribution in [-0.4, -0.2) is 74.1 Å². The summed E-state index contributed by atoms with van der Waals surface area (Å²) in [6.07, 6.45) is 3.88. The molecule has 25 heavy (non-hydrogen) atoms. The highest BCUT2D eigenvalue weighted by molar-refractivity contribution is 5.91. The maximum Gasteiger partial charge on any atom is 0.289 e. The van der Waals surface area contributed by atoms with Crippen molar-refractivity contribution in [3.05, 3.63) is 24.2 Å². The Labute approximate surface area is 148 Å². The van der Waals surface area contributed by atoms with E-state index in [1.54, 1.807) is 17.0 Å². The third-order valence-electron chi connectivity index (χ3n) is 4.94. The largest absolute Gasteiger partial charge is 0.459 e. The zero-order valence-corrected chi connectivity index (χ0v) is 14.6. The van der Waals surface area contributed by atoms with Gasteiger partial charge in [0.2, 0.25) is 5.91 Å². The van der Waals surface area contributed by atoms with E-state index in [0.717, 1.165) is 39.3 Å². The van der Waals surface area contributed by atoms with Crippen LogP contribution < -0.4 is 5.32 Å². The fraction of sp³-hybridized carbons (Fsp3) is 0.667. The zero-order valence-electron chi connectivity index (χ0n) is 14.6. The standard InChI is InChI=1S/C18H27N3O4/c22-17(19-6-2-7-20-10-13-24-14-11-20)15-4-8-21(9-5-15)18(23)16-3-1-12-25-16/h1,3,12,15H,2,4-11,13-14H2,(H,19,22). The highest BCUT2D eigenvalue weighted by Gasteiger charge is 2.28. The number of ether oxygens (including phenoxy) is 1. The van der Waals surface area contributed by atoms with Crippen molar-refractivity contribution >= 4 is 11.8 Å². The monoisotopic (exact) mass is 349 g/mol. The van der Waals surface area contributed by atoms with Crippen LogP contribution >= 0.6 is 0 Å². The third kappa shape index (κ3) is 5.06. The van der Waals surface area contributed by atoms with E-state index in [2.05, 4.69) is 10.2 Å². The van der Waals surface area contributed by atoms with Crippen LogP contribution in [-0.2, 0) is 9.53 Å². The van der Waals surface area contributed by atoms with Crippen LogP contribution in [0.4, 0.5) is 0 Å². The van der Waals surface area contributed by atoms with Crippen molar-refractivity contribution in [1.29, 1.82) is 0 Å². The summed E-state index contributed by atoms with van der Waals surface area (Å²) in [6, 6.07) is 3.39. The van der Waals surface area contributed by atoms with E-state index in [4.69, 9.17) is 9.15 Å². The molecule has 0 unspecified atom stereocenters. The predicted octanol–water partition coefficient (Wildman–Crippen LogP) is 0.970. The molecule has 3 heterocycles. The summed E-state index contributed by atoms with van der Waals surface area (Å²) in [5.41, 5.74) is 0. The minimum Gasteiger partial charge on any atom is -0.459 e. The molecule has 2 saturated heterocycles. The van der Waals surface area contributed by atoms with Crippen molar-refractivity contribution < 1.29 is 18.7 Å². The Bertz CT molecular complexity index is 547. The first kappa shape index (κ1) is 17.9. The second-order valence-electron chi connectivity index (χ2n) is 6.64. The average molecular weight is 349 g/mol. The predicted molar refractivity (Wildman–Crippen MR) is 92.2 cm³/mol. The van der Waals surface area contributed by atoms with Crippen molar-refractivity contribution in [2.45, 2.75) is 19.3 Å². The quantitative estimate of drug-likeness (QED) is 0.775. The minimum absolute atomic E-state index is 0.00374. The molecule has 0 saturated carbocycles. The van der Waals surface area contributed by atoms with E-state index in [0.29, 0.717) is 38.2 Å². The number of likely N-dealkylation sites (tertiary alicyclic amines) is 1. The van der Waals surface area contributed by atoms with E-state index in [1.165, 1.54) is 6.26 Å². The summed E-state index contributed by atoms with van der Waals surface area (Å²) < 4.78 is 10.5. The molecule has 0 aliphatic carbocycles. The average Bonchev–Trinajstić information content (AvgIpc) is 3.20. The molecule has 0 radical (unpaired) electrons. The first-order chi connectivity index (χ1) is 12.2. The molecule has 7 heteroatoms. The van der Waals surface area contributed by atoms with Gasteiger partial charge in [-0.25, -0.2) is 0 Å². The lowest BCUT2D eigenvalue weighted by atomic mass is 9.95. The van der Waals surface area contributed by atoms with Crippen LogP contribution in [0.15, 0.2) is 22.8 Å². The minimum atomic E-state index is -0.0885. The van der Waals surface area contributed by atoms with Crippen LogP contribution in [0.5, 0.6) is 0 Å². The maximum absolute atomic E-state index is 12.3. The number of amides is 2. The Kier molecular flexibility index (Phi) is 6.47. The van der Waals surface area contributed by atoms with E-state index in [9.17, 15) is 9.59 Å². The molecule has 0 aromatic carbocycles. The number of nitrogens with zero attached hydrogens (tertiary/aromatic N) is 2. The molecule has 2 fully saturated rings. The van der Waals surface area contributed by atoms with Gasteiger partial charge < -0.3 is 19.4 Å². The molecule has 0 bridgehead atoms. The fourth-order valence-electron chi connectivity index (χ4n) is 3.38. The van der Waals surface area contributed by atoms with Crippen LogP contribution in [0.1, 0.15) is 29.8 Å². The number of nitrogens with one attached hydrogen (secondary N) is 1. The van der Waals surface area contributed by atoms with Gasteiger partial charge in [-0.05, 0) is 37.9 Å². The highest BCUT2D eigenvalue weighted by Crippen LogP contribution is 2.19. The normalized spacial score (nSPS) is 19.8. The molecule has 138 valence electrons. The van der Waals surface area contributed by atoms with Crippen molar-refractivity contribution in [3.8, 4) is 0 Å². The Balaban J connectivity index is 1.32. The SMILES string of the molecule is O=C(NCCCN1CCOCC1)C1CCN(C(=O)c2ccco2)CC1. The molecule has 0 atom stereocenters. The number of furan rings is 1. The summed E-state index contributed by atoms with van der Waals surface area (Å²) in [5.74, 6) is 0.400. The van der Waals surface area contributed by atoms with Gasteiger partial charge in [-0.2, -0.15) is 0 Å². The van der Waals surface area contributed by atoms with Gasteiger partial charge >= 0.3 is 0 Å². The Morgan fingerprint density at radius 2 is 1.92 bits per heavy atom. The van der Waals surface area contributed by atoms with E-state index < -0.39 is 0 Å². The van der Waals surface area contributed by atoms with Crippen molar-refractivity contribution in [3.63, 3.8) is 0 Å². The van der Waals surface area contributed by atoms with Gasteiger partial charge in [0.05, 0.1) is 19.5 Å². The first-order valence-electron chi connectivity index (χ1n) is 9.14. The molecular weight excluding hydrogens is 322 g/mol. The van der Waals surface area contributed by atoms with Crippen LogP contribution in [0.25, 0.3) is 0 Å². The van der Waals surface area contributed by atoms with Gasteiger partial charge in [-0.15, -0.1) is 0 Å². The van der Waals surface area contributed by atoms with Crippen molar-refractivity contribution in [2.75, 3.05) is 52.5 Å². The molecule has 1 N–H and O–H groups in total. The van der Waals surface area contributed by atoms with Gasteiger partial charge in [0.1, 0.15) is 0 Å². The van der Waals surface area contributed by atoms with Crippen LogP contribution in [0.3, 0.4) is 0 Å². The number of hydrogen-bond acceptors (Lipinski definition) is 5. The smallest absolute Gasteiger partial charge is 0.289 e. The first-order valence-corrected chi connectivity index (χ1v) is 9.14. The van der Waals surface area contributed by atoms with E-state index >= 15 is 0 Å². The topological polar surface area (TPSA) is 75.0 Å². The van der Waals surface area contributed by atoms with Crippen LogP contribution in [0, 0.1) is 5.92 Å². The molecule has 7 nitrogen and oxygen atoms in total. The Morgan fingerprint density at radius 3 is 2.60 bits per heavy atom.